The molecule has 0 saturated carbocycles. The van der Waals surface area contributed by atoms with E-state index in [0.717, 1.165) is 24.4 Å². The monoisotopic (exact) mass is 387 g/mol. The highest BCUT2D eigenvalue weighted by atomic mass is 16.5. The fraction of sp³-hybridized carbons (Fsp3) is 0.231. The highest BCUT2D eigenvalue weighted by molar-refractivity contribution is 5.67. The van der Waals surface area contributed by atoms with Gasteiger partial charge in [0.15, 0.2) is 0 Å². The fourth-order valence-corrected chi connectivity index (χ4v) is 3.21. The molecule has 1 atom stereocenters. The number of hydrogen-bond donors (Lipinski definition) is 2. The molecule has 0 aromatic heterocycles. The van der Waals surface area contributed by atoms with Gasteiger partial charge in [-0.15, -0.1) is 0 Å². The molecule has 3 heteroatoms. The molecule has 3 rings (SSSR count). The molecule has 0 saturated heterocycles. The molecule has 0 heterocycles. The van der Waals surface area contributed by atoms with Crippen LogP contribution in [0.2, 0.25) is 0 Å². The molecule has 0 fully saturated rings. The summed E-state index contributed by atoms with van der Waals surface area (Å²) in [5, 5.41) is 14.1. The Labute approximate surface area is 173 Å². The molecule has 0 radical (unpaired) electrons. The van der Waals surface area contributed by atoms with E-state index >= 15 is 0 Å². The van der Waals surface area contributed by atoms with Gasteiger partial charge in [-0.2, -0.15) is 0 Å². The van der Waals surface area contributed by atoms with Crippen LogP contribution in [0.4, 0.5) is 0 Å². The zero-order valence-corrected chi connectivity index (χ0v) is 17.1. The normalized spacial score (nSPS) is 12.6. The maximum atomic E-state index is 10.6. The maximum Gasteiger partial charge on any atom is 0.118 e. The van der Waals surface area contributed by atoms with E-state index in [1.807, 2.05) is 30.3 Å². The van der Waals surface area contributed by atoms with Crippen LogP contribution >= 0.6 is 0 Å². The van der Waals surface area contributed by atoms with Crippen molar-refractivity contribution in [2.75, 3.05) is 13.7 Å². The smallest absolute Gasteiger partial charge is 0.118 e. The summed E-state index contributed by atoms with van der Waals surface area (Å²) in [4.78, 5) is 0. The molecule has 0 amide bonds. The van der Waals surface area contributed by atoms with Gasteiger partial charge in [0.25, 0.3) is 0 Å². The second kappa shape index (κ2) is 10.6. The van der Waals surface area contributed by atoms with Crippen LogP contribution in [0.25, 0.3) is 5.57 Å². The second-order valence-electron chi connectivity index (χ2n) is 7.21. The average molecular weight is 388 g/mol. The molecular formula is C26H29NO2. The standard InChI is InChI=1S/C26H29NO2/c1-20-8-10-22(11-9-20)24(19-27-18-21-6-4-3-5-7-21)14-17-26(28)23-12-15-25(29-2)16-13-23/h3-16,26-28H,17-19H2,1-2H3/b24-14+. The predicted octanol–water partition coefficient (Wildman–Crippen LogP) is 5.30. The minimum Gasteiger partial charge on any atom is -0.497 e. The van der Waals surface area contributed by atoms with E-state index in [0.29, 0.717) is 6.42 Å². The number of nitrogens with one attached hydrogen (secondary N) is 1. The lowest BCUT2D eigenvalue weighted by atomic mass is 10.00. The maximum absolute atomic E-state index is 10.6. The van der Waals surface area contributed by atoms with Crippen molar-refractivity contribution in [2.24, 2.45) is 0 Å². The Morgan fingerprint density at radius 2 is 1.66 bits per heavy atom. The van der Waals surface area contributed by atoms with E-state index in [2.05, 4.69) is 66.8 Å². The minimum atomic E-state index is -0.546. The quantitative estimate of drug-likeness (QED) is 0.523. The average Bonchev–Trinajstić information content (AvgIpc) is 2.77. The Balaban J connectivity index is 1.69. The molecule has 150 valence electrons. The van der Waals surface area contributed by atoms with Gasteiger partial charge in [0.05, 0.1) is 13.2 Å². The number of ether oxygens (including phenoxy) is 1. The van der Waals surface area contributed by atoms with Crippen molar-refractivity contribution in [3.05, 3.63) is 107 Å². The minimum absolute atomic E-state index is 0.546. The van der Waals surface area contributed by atoms with Gasteiger partial charge in [0, 0.05) is 13.1 Å². The van der Waals surface area contributed by atoms with Crippen LogP contribution in [0, 0.1) is 6.92 Å². The third kappa shape index (κ3) is 6.31. The van der Waals surface area contributed by atoms with Crippen LogP contribution in [0.5, 0.6) is 5.75 Å². The van der Waals surface area contributed by atoms with Gasteiger partial charge in [0.1, 0.15) is 5.75 Å². The summed E-state index contributed by atoms with van der Waals surface area (Å²) < 4.78 is 5.19. The molecule has 2 N–H and O–H groups in total. The van der Waals surface area contributed by atoms with Crippen molar-refractivity contribution < 1.29 is 9.84 Å². The molecular weight excluding hydrogens is 358 g/mol. The number of methoxy groups -OCH3 is 1. The van der Waals surface area contributed by atoms with E-state index in [1.165, 1.54) is 22.3 Å². The number of aliphatic hydroxyl groups is 1. The van der Waals surface area contributed by atoms with Crippen molar-refractivity contribution in [3.63, 3.8) is 0 Å². The second-order valence-corrected chi connectivity index (χ2v) is 7.21. The molecule has 3 aromatic carbocycles. The summed E-state index contributed by atoms with van der Waals surface area (Å²) in [6, 6.07) is 26.5. The lowest BCUT2D eigenvalue weighted by Crippen LogP contribution is -2.16. The van der Waals surface area contributed by atoms with Crippen LogP contribution in [-0.2, 0) is 6.54 Å². The Bertz CT molecular complexity index is 900. The third-order valence-electron chi connectivity index (χ3n) is 5.00. The Kier molecular flexibility index (Phi) is 7.62. The summed E-state index contributed by atoms with van der Waals surface area (Å²) in [5.74, 6) is 0.793. The Morgan fingerprint density at radius 1 is 0.966 bits per heavy atom. The molecule has 0 bridgehead atoms. The van der Waals surface area contributed by atoms with Crippen molar-refractivity contribution in [1.29, 1.82) is 0 Å². The number of aryl methyl sites for hydroxylation is 1. The molecule has 3 aromatic rings. The number of benzene rings is 3. The van der Waals surface area contributed by atoms with Crippen molar-refractivity contribution in [2.45, 2.75) is 26.0 Å². The summed E-state index contributed by atoms with van der Waals surface area (Å²) in [5.41, 5.74) is 5.76. The molecule has 0 aliphatic carbocycles. The van der Waals surface area contributed by atoms with E-state index in [-0.39, 0.29) is 0 Å². The fourth-order valence-electron chi connectivity index (χ4n) is 3.21. The Morgan fingerprint density at radius 3 is 2.31 bits per heavy atom. The first-order chi connectivity index (χ1) is 14.2. The predicted molar refractivity (Wildman–Crippen MR) is 120 cm³/mol. The van der Waals surface area contributed by atoms with E-state index in [1.54, 1.807) is 7.11 Å². The largest absolute Gasteiger partial charge is 0.497 e. The van der Waals surface area contributed by atoms with Crippen molar-refractivity contribution in [3.8, 4) is 5.75 Å². The van der Waals surface area contributed by atoms with E-state index < -0.39 is 6.10 Å². The van der Waals surface area contributed by atoms with Crippen molar-refractivity contribution >= 4 is 5.57 Å². The van der Waals surface area contributed by atoms with Gasteiger partial charge in [-0.3, -0.25) is 0 Å². The summed E-state index contributed by atoms with van der Waals surface area (Å²) >= 11 is 0. The molecule has 0 aliphatic heterocycles. The molecule has 0 aliphatic rings. The Hall–Kier alpha value is -2.88. The van der Waals surface area contributed by atoms with Gasteiger partial charge < -0.3 is 15.2 Å². The van der Waals surface area contributed by atoms with Gasteiger partial charge in [-0.1, -0.05) is 78.4 Å². The molecule has 3 nitrogen and oxygen atoms in total. The molecule has 1 unspecified atom stereocenters. The van der Waals surface area contributed by atoms with Crippen LogP contribution in [0.3, 0.4) is 0 Å². The van der Waals surface area contributed by atoms with Gasteiger partial charge in [-0.25, -0.2) is 0 Å². The molecule has 0 spiro atoms. The highest BCUT2D eigenvalue weighted by Crippen LogP contribution is 2.23. The zero-order valence-electron chi connectivity index (χ0n) is 17.1. The lowest BCUT2D eigenvalue weighted by molar-refractivity contribution is 0.181. The van der Waals surface area contributed by atoms with Crippen LogP contribution in [0.1, 0.15) is 34.8 Å². The SMILES string of the molecule is COc1ccc(C(O)C/C=C(\CNCc2ccccc2)c2ccc(C)cc2)cc1. The topological polar surface area (TPSA) is 41.5 Å². The van der Waals surface area contributed by atoms with E-state index in [9.17, 15) is 5.11 Å². The number of hydrogen-bond acceptors (Lipinski definition) is 3. The lowest BCUT2D eigenvalue weighted by Gasteiger charge is -2.13. The highest BCUT2D eigenvalue weighted by Gasteiger charge is 2.08. The van der Waals surface area contributed by atoms with Gasteiger partial charge in [0.2, 0.25) is 0 Å². The first-order valence-electron chi connectivity index (χ1n) is 9.98. The summed E-state index contributed by atoms with van der Waals surface area (Å²) in [6.45, 7) is 3.65. The summed E-state index contributed by atoms with van der Waals surface area (Å²) in [7, 11) is 1.64. The first-order valence-corrected chi connectivity index (χ1v) is 9.98. The molecule has 29 heavy (non-hydrogen) atoms. The van der Waals surface area contributed by atoms with Crippen LogP contribution < -0.4 is 10.1 Å². The first kappa shape index (κ1) is 20.8. The summed E-state index contributed by atoms with van der Waals surface area (Å²) in [6.07, 6.45) is 2.15. The third-order valence-corrected chi connectivity index (χ3v) is 5.00. The zero-order chi connectivity index (χ0) is 20.5. The van der Waals surface area contributed by atoms with Crippen molar-refractivity contribution in [1.82, 2.24) is 5.32 Å². The van der Waals surface area contributed by atoms with Crippen LogP contribution in [-0.4, -0.2) is 18.8 Å². The van der Waals surface area contributed by atoms with E-state index in [4.69, 9.17) is 4.74 Å². The number of rotatable bonds is 9. The number of aliphatic hydroxyl groups excluding tert-OH is 1. The van der Waals surface area contributed by atoms with Gasteiger partial charge >= 0.3 is 0 Å². The van der Waals surface area contributed by atoms with Crippen LogP contribution in [0.15, 0.2) is 84.9 Å². The van der Waals surface area contributed by atoms with Gasteiger partial charge in [-0.05, 0) is 47.7 Å².